The fourth-order valence-electron chi connectivity index (χ4n) is 6.24. The van der Waals surface area contributed by atoms with E-state index in [1.165, 1.54) is 32.2 Å². The molecule has 8 nitrogen and oxygen atoms in total. The topological polar surface area (TPSA) is 86.5 Å². The van der Waals surface area contributed by atoms with Crippen LogP contribution in [0.5, 0.6) is 0 Å². The molecular weight excluding hydrogens is 452 g/mol. The zero-order valence-electron chi connectivity index (χ0n) is 20.7. The van der Waals surface area contributed by atoms with Crippen molar-refractivity contribution >= 4 is 39.1 Å². The number of piperazine rings is 1. The molecule has 36 heavy (non-hydrogen) atoms. The number of hydrogen-bond acceptors (Lipinski definition) is 7. The van der Waals surface area contributed by atoms with Crippen molar-refractivity contribution < 1.29 is 5.11 Å². The maximum absolute atomic E-state index is 14.1. The second-order valence-corrected chi connectivity index (χ2v) is 11.0. The fourth-order valence-corrected chi connectivity index (χ4v) is 6.24. The summed E-state index contributed by atoms with van der Waals surface area (Å²) < 4.78 is 1.78. The first-order valence-corrected chi connectivity index (χ1v) is 13.6. The van der Waals surface area contributed by atoms with E-state index in [2.05, 4.69) is 38.3 Å². The molecule has 0 radical (unpaired) electrons. The first-order chi connectivity index (χ1) is 17.6. The SMILES string of the molecule is O=c1c2cc(N3CCN4CCC[C@H]4C3)ccc2c2cnc(NCC3CC3)nc2n1C1=CC[C@@H](O)CC1. The minimum Gasteiger partial charge on any atom is -0.393 e. The number of rotatable bonds is 5. The van der Waals surface area contributed by atoms with E-state index in [4.69, 9.17) is 4.98 Å². The van der Waals surface area contributed by atoms with E-state index in [1.807, 2.05) is 12.3 Å². The molecule has 2 aromatic heterocycles. The number of pyridine rings is 1. The molecule has 2 saturated heterocycles. The molecule has 0 bridgehead atoms. The van der Waals surface area contributed by atoms with E-state index in [0.717, 1.165) is 48.3 Å². The molecule has 2 N–H and O–H groups in total. The smallest absolute Gasteiger partial charge is 0.264 e. The number of benzene rings is 1. The van der Waals surface area contributed by atoms with Gasteiger partial charge in [0.25, 0.3) is 5.56 Å². The number of nitrogens with zero attached hydrogens (tertiary/aromatic N) is 5. The van der Waals surface area contributed by atoms with Crippen LogP contribution in [0.4, 0.5) is 11.6 Å². The molecule has 7 rings (SSSR count). The van der Waals surface area contributed by atoms with Gasteiger partial charge in [0.15, 0.2) is 5.65 Å². The summed E-state index contributed by atoms with van der Waals surface area (Å²) in [6.45, 7) is 5.19. The Hall–Kier alpha value is -2.97. The van der Waals surface area contributed by atoms with Crippen LogP contribution in [0.1, 0.15) is 44.9 Å². The maximum atomic E-state index is 14.1. The summed E-state index contributed by atoms with van der Waals surface area (Å²) in [7, 11) is 0. The predicted molar refractivity (Wildman–Crippen MR) is 143 cm³/mol. The number of fused-ring (bicyclic) bond motifs is 4. The van der Waals surface area contributed by atoms with Crippen molar-refractivity contribution in [1.29, 1.82) is 0 Å². The summed E-state index contributed by atoms with van der Waals surface area (Å²) in [5, 5.41) is 15.9. The zero-order chi connectivity index (χ0) is 24.2. The minimum absolute atomic E-state index is 0.0339. The Balaban J connectivity index is 1.35. The van der Waals surface area contributed by atoms with Crippen molar-refractivity contribution in [3.8, 4) is 0 Å². The van der Waals surface area contributed by atoms with Crippen LogP contribution in [-0.2, 0) is 0 Å². The number of allylic oxidation sites excluding steroid dienone is 1. The third-order valence-corrected chi connectivity index (χ3v) is 8.55. The van der Waals surface area contributed by atoms with Crippen molar-refractivity contribution in [2.24, 2.45) is 5.92 Å². The van der Waals surface area contributed by atoms with E-state index in [-0.39, 0.29) is 11.7 Å². The Morgan fingerprint density at radius 3 is 2.81 bits per heavy atom. The highest BCUT2D eigenvalue weighted by Crippen LogP contribution is 2.32. The van der Waals surface area contributed by atoms with Crippen LogP contribution in [0.3, 0.4) is 0 Å². The van der Waals surface area contributed by atoms with Gasteiger partial charge in [0.05, 0.1) is 11.5 Å². The Labute approximate surface area is 210 Å². The molecule has 3 fully saturated rings. The standard InChI is InChI=1S/C28H34N6O2/c35-22-8-5-19(6-9-22)34-26-25(16-30-28(31-26)29-15-18-3-4-18)23-10-7-20(14-24(23)27(34)36)33-13-12-32-11-1-2-21(32)17-33/h5,7,10,14,16,18,21-22,35H,1-4,6,8-9,11-13,15,17H2,(H,29,30,31)/t21-,22+/m0/s1. The van der Waals surface area contributed by atoms with Crippen LogP contribution >= 0.6 is 0 Å². The van der Waals surface area contributed by atoms with Crippen molar-refractivity contribution in [1.82, 2.24) is 19.4 Å². The third kappa shape index (κ3) is 3.96. The number of anilines is 2. The molecule has 3 aromatic rings. The van der Waals surface area contributed by atoms with Gasteiger partial charge >= 0.3 is 0 Å². The molecule has 4 heterocycles. The number of nitrogens with one attached hydrogen (secondary N) is 1. The summed E-state index contributed by atoms with van der Waals surface area (Å²) >= 11 is 0. The highest BCUT2D eigenvalue weighted by atomic mass is 16.3. The van der Waals surface area contributed by atoms with Gasteiger partial charge in [0.2, 0.25) is 5.95 Å². The van der Waals surface area contributed by atoms with E-state index >= 15 is 0 Å². The highest BCUT2D eigenvalue weighted by molar-refractivity contribution is 6.06. The van der Waals surface area contributed by atoms with Crippen LogP contribution in [0.15, 0.2) is 35.3 Å². The summed E-state index contributed by atoms with van der Waals surface area (Å²) in [5.41, 5.74) is 2.66. The summed E-state index contributed by atoms with van der Waals surface area (Å²) in [6, 6.07) is 6.94. The van der Waals surface area contributed by atoms with Crippen molar-refractivity contribution in [3.63, 3.8) is 0 Å². The van der Waals surface area contributed by atoms with Crippen LogP contribution in [0.25, 0.3) is 27.5 Å². The lowest BCUT2D eigenvalue weighted by atomic mass is 10.0. The number of aromatic nitrogens is 3. The van der Waals surface area contributed by atoms with Gasteiger partial charge in [0.1, 0.15) is 0 Å². The molecule has 2 atom stereocenters. The lowest BCUT2D eigenvalue weighted by Gasteiger charge is -2.39. The predicted octanol–water partition coefficient (Wildman–Crippen LogP) is 3.44. The quantitative estimate of drug-likeness (QED) is 0.535. The van der Waals surface area contributed by atoms with Gasteiger partial charge in [-0.05, 0) is 74.9 Å². The first kappa shape index (κ1) is 22.2. The van der Waals surface area contributed by atoms with Gasteiger partial charge in [-0.3, -0.25) is 14.3 Å². The van der Waals surface area contributed by atoms with Gasteiger partial charge in [-0.2, -0.15) is 4.98 Å². The monoisotopic (exact) mass is 486 g/mol. The Bertz CT molecular complexity index is 1410. The lowest BCUT2D eigenvalue weighted by molar-refractivity contribution is 0.165. The normalized spacial score (nSPS) is 24.8. The highest BCUT2D eigenvalue weighted by Gasteiger charge is 2.31. The summed E-state index contributed by atoms with van der Waals surface area (Å²) in [6.07, 6.45) is 10.4. The Morgan fingerprint density at radius 2 is 1.97 bits per heavy atom. The average molecular weight is 487 g/mol. The third-order valence-electron chi connectivity index (χ3n) is 8.55. The summed E-state index contributed by atoms with van der Waals surface area (Å²) in [4.78, 5) is 28.6. The van der Waals surface area contributed by atoms with Crippen molar-refractivity contribution in [3.05, 3.63) is 40.8 Å². The molecule has 1 aromatic carbocycles. The maximum Gasteiger partial charge on any atom is 0.264 e. The van der Waals surface area contributed by atoms with Crippen LogP contribution in [0, 0.1) is 5.92 Å². The molecule has 0 amide bonds. The molecule has 1 saturated carbocycles. The van der Waals surface area contributed by atoms with E-state index in [1.54, 1.807) is 4.57 Å². The molecule has 0 spiro atoms. The van der Waals surface area contributed by atoms with Crippen molar-refractivity contribution in [2.75, 3.05) is 42.9 Å². The van der Waals surface area contributed by atoms with Gasteiger partial charge in [-0.15, -0.1) is 0 Å². The molecule has 0 unspecified atom stereocenters. The number of aliphatic hydroxyl groups excluding tert-OH is 1. The van der Waals surface area contributed by atoms with Crippen LogP contribution in [-0.4, -0.2) is 69.4 Å². The van der Waals surface area contributed by atoms with Gasteiger partial charge < -0.3 is 15.3 Å². The number of aliphatic hydroxyl groups is 1. The Morgan fingerprint density at radius 1 is 1.06 bits per heavy atom. The van der Waals surface area contributed by atoms with Gasteiger partial charge in [-0.1, -0.05) is 12.1 Å². The second-order valence-electron chi connectivity index (χ2n) is 11.0. The van der Waals surface area contributed by atoms with Gasteiger partial charge in [0, 0.05) is 55.2 Å². The average Bonchev–Trinajstić information content (AvgIpc) is 3.62. The first-order valence-electron chi connectivity index (χ1n) is 13.6. The second kappa shape index (κ2) is 8.85. The van der Waals surface area contributed by atoms with E-state index in [9.17, 15) is 9.90 Å². The fraction of sp³-hybridized carbons (Fsp3) is 0.536. The Kier molecular flexibility index (Phi) is 5.47. The number of hydrogen-bond donors (Lipinski definition) is 2. The molecule has 188 valence electrons. The zero-order valence-corrected chi connectivity index (χ0v) is 20.7. The molecule has 8 heteroatoms. The summed E-state index contributed by atoms with van der Waals surface area (Å²) in [5.74, 6) is 1.28. The van der Waals surface area contributed by atoms with E-state index in [0.29, 0.717) is 48.2 Å². The lowest BCUT2D eigenvalue weighted by Crippen LogP contribution is -2.50. The molecule has 2 aliphatic carbocycles. The van der Waals surface area contributed by atoms with Crippen molar-refractivity contribution in [2.45, 2.75) is 57.1 Å². The molecular formula is C28H34N6O2. The van der Waals surface area contributed by atoms with E-state index < -0.39 is 0 Å². The minimum atomic E-state index is -0.345. The van der Waals surface area contributed by atoms with Crippen LogP contribution < -0.4 is 15.8 Å². The molecule has 2 aliphatic heterocycles. The van der Waals surface area contributed by atoms with Crippen LogP contribution in [0.2, 0.25) is 0 Å². The largest absolute Gasteiger partial charge is 0.393 e. The van der Waals surface area contributed by atoms with Gasteiger partial charge in [-0.25, -0.2) is 4.98 Å². The molecule has 4 aliphatic rings.